The molecule has 0 heterocycles. The zero-order chi connectivity index (χ0) is 11.0. The second-order valence-corrected chi connectivity index (χ2v) is 4.31. The van der Waals surface area contributed by atoms with Crippen LogP contribution in [0.3, 0.4) is 0 Å². The van der Waals surface area contributed by atoms with E-state index in [1.54, 1.807) is 0 Å². The molecule has 0 aliphatic carbocycles. The van der Waals surface area contributed by atoms with Crippen LogP contribution in [0.4, 0.5) is 0 Å². The zero-order valence-electron chi connectivity index (χ0n) is 9.58. The lowest BCUT2D eigenvalue weighted by Gasteiger charge is -2.24. The minimum atomic E-state index is -0.249. The third-order valence-electron chi connectivity index (χ3n) is 2.31. The molecule has 0 aromatic carbocycles. The Hall–Kier alpha value is -0.590. The van der Waals surface area contributed by atoms with E-state index in [1.165, 1.54) is 0 Å². The summed E-state index contributed by atoms with van der Waals surface area (Å²) in [5.74, 6) is 0. The van der Waals surface area contributed by atoms with Crippen LogP contribution in [0.25, 0.3) is 0 Å². The second kappa shape index (κ2) is 6.80. The second-order valence-electron chi connectivity index (χ2n) is 4.31. The first-order valence-electron chi connectivity index (χ1n) is 5.30. The van der Waals surface area contributed by atoms with Gasteiger partial charge in [0.1, 0.15) is 0 Å². The summed E-state index contributed by atoms with van der Waals surface area (Å²) in [6.07, 6.45) is 1.95. The Morgan fingerprint density at radius 1 is 1.29 bits per heavy atom. The first kappa shape index (κ1) is 13.4. The Labute approximate surface area is 87.3 Å². The third kappa shape index (κ3) is 5.95. The first-order chi connectivity index (χ1) is 6.55. The van der Waals surface area contributed by atoms with Crippen molar-refractivity contribution in [2.75, 3.05) is 26.2 Å². The smallest absolute Gasteiger partial charge is 0.0684 e. The van der Waals surface area contributed by atoms with Gasteiger partial charge in [0.2, 0.25) is 0 Å². The molecule has 0 aromatic heterocycles. The van der Waals surface area contributed by atoms with Crippen LogP contribution in [0.15, 0.2) is 0 Å². The molecule has 3 nitrogen and oxygen atoms in total. The summed E-state index contributed by atoms with van der Waals surface area (Å²) in [6.45, 7) is 8.85. The van der Waals surface area contributed by atoms with Gasteiger partial charge >= 0.3 is 0 Å². The van der Waals surface area contributed by atoms with Gasteiger partial charge in [0.25, 0.3) is 0 Å². The molecule has 0 saturated carbocycles. The highest BCUT2D eigenvalue weighted by atomic mass is 16.3. The molecule has 0 radical (unpaired) electrons. The number of nitrogens with zero attached hydrogens (tertiary/aromatic N) is 2. The molecule has 0 unspecified atom stereocenters. The molecule has 0 rings (SSSR count). The summed E-state index contributed by atoms with van der Waals surface area (Å²) in [7, 11) is 0. The average molecular weight is 198 g/mol. The van der Waals surface area contributed by atoms with E-state index in [0.29, 0.717) is 0 Å². The van der Waals surface area contributed by atoms with E-state index < -0.39 is 0 Å². The number of hydrogen-bond donors (Lipinski definition) is 1. The molecule has 0 aromatic rings. The molecule has 0 fully saturated rings. The Kier molecular flexibility index (Phi) is 6.52. The number of aliphatic hydroxyl groups excluding tert-OH is 1. The highest BCUT2D eigenvalue weighted by Gasteiger charge is 2.17. The van der Waals surface area contributed by atoms with Crippen molar-refractivity contribution in [1.82, 2.24) is 4.90 Å². The molecule has 82 valence electrons. The minimum absolute atomic E-state index is 0.201. The summed E-state index contributed by atoms with van der Waals surface area (Å²) in [5.41, 5.74) is -0.249. The number of hydrogen-bond acceptors (Lipinski definition) is 3. The molecular formula is C11H22N2O. The van der Waals surface area contributed by atoms with E-state index in [2.05, 4.69) is 17.9 Å². The maximum absolute atomic E-state index is 8.85. The molecule has 3 heteroatoms. The topological polar surface area (TPSA) is 47.3 Å². The summed E-state index contributed by atoms with van der Waals surface area (Å²) >= 11 is 0. The van der Waals surface area contributed by atoms with Crippen LogP contribution in [-0.4, -0.2) is 36.2 Å². The molecule has 0 spiro atoms. The predicted molar refractivity (Wildman–Crippen MR) is 57.8 cm³/mol. The van der Waals surface area contributed by atoms with Crippen molar-refractivity contribution in [3.8, 4) is 6.07 Å². The van der Waals surface area contributed by atoms with E-state index in [0.717, 1.165) is 32.5 Å². The van der Waals surface area contributed by atoms with Gasteiger partial charge in [-0.3, -0.25) is 0 Å². The van der Waals surface area contributed by atoms with E-state index in [-0.39, 0.29) is 12.0 Å². The molecule has 1 N–H and O–H groups in total. The van der Waals surface area contributed by atoms with Gasteiger partial charge in [0.05, 0.1) is 18.1 Å². The van der Waals surface area contributed by atoms with Crippen molar-refractivity contribution in [2.45, 2.75) is 33.6 Å². The molecule has 0 saturated heterocycles. The number of rotatable bonds is 7. The van der Waals surface area contributed by atoms with Gasteiger partial charge in [-0.2, -0.15) is 5.26 Å². The zero-order valence-corrected chi connectivity index (χ0v) is 9.58. The molecule has 0 atom stereocenters. The van der Waals surface area contributed by atoms with Gasteiger partial charge in [-0.1, -0.05) is 6.92 Å². The van der Waals surface area contributed by atoms with Crippen molar-refractivity contribution < 1.29 is 5.11 Å². The Morgan fingerprint density at radius 3 is 2.36 bits per heavy atom. The quantitative estimate of drug-likeness (QED) is 0.676. The van der Waals surface area contributed by atoms with Gasteiger partial charge in [-0.25, -0.2) is 0 Å². The van der Waals surface area contributed by atoms with Crippen LogP contribution < -0.4 is 0 Å². The third-order valence-corrected chi connectivity index (χ3v) is 2.31. The fourth-order valence-electron chi connectivity index (χ4n) is 1.29. The number of nitriles is 1. The van der Waals surface area contributed by atoms with Gasteiger partial charge < -0.3 is 10.0 Å². The Morgan fingerprint density at radius 2 is 1.93 bits per heavy atom. The standard InChI is InChI=1S/C11H22N2O/c1-4-6-13(8-9-14)7-5-11(2,3)10-12/h14H,4-9H2,1-3H3. The largest absolute Gasteiger partial charge is 0.395 e. The van der Waals surface area contributed by atoms with Crippen LogP contribution in [-0.2, 0) is 0 Å². The average Bonchev–Trinajstić information content (AvgIpc) is 2.15. The predicted octanol–water partition coefficient (Wildman–Crippen LogP) is 1.63. The van der Waals surface area contributed by atoms with Crippen LogP contribution in [0.5, 0.6) is 0 Å². The van der Waals surface area contributed by atoms with E-state index in [4.69, 9.17) is 10.4 Å². The highest BCUT2D eigenvalue weighted by molar-refractivity contribution is 4.91. The SMILES string of the molecule is CCCN(CCO)CCC(C)(C)C#N. The van der Waals surface area contributed by atoms with Crippen LogP contribution in [0.1, 0.15) is 33.6 Å². The lowest BCUT2D eigenvalue weighted by atomic mass is 9.91. The fourth-order valence-corrected chi connectivity index (χ4v) is 1.29. The van der Waals surface area contributed by atoms with Gasteiger partial charge in [-0.15, -0.1) is 0 Å². The summed E-state index contributed by atoms with van der Waals surface area (Å²) in [5, 5.41) is 17.7. The van der Waals surface area contributed by atoms with Crippen molar-refractivity contribution in [3.05, 3.63) is 0 Å². The Bertz CT molecular complexity index is 178. The van der Waals surface area contributed by atoms with E-state index in [1.807, 2.05) is 13.8 Å². The maximum Gasteiger partial charge on any atom is 0.0684 e. The number of aliphatic hydroxyl groups is 1. The van der Waals surface area contributed by atoms with Crippen LogP contribution in [0.2, 0.25) is 0 Å². The van der Waals surface area contributed by atoms with Gasteiger partial charge in [0, 0.05) is 6.54 Å². The van der Waals surface area contributed by atoms with Crippen molar-refractivity contribution >= 4 is 0 Å². The normalized spacial score (nSPS) is 11.7. The molecule has 14 heavy (non-hydrogen) atoms. The van der Waals surface area contributed by atoms with Gasteiger partial charge in [0.15, 0.2) is 0 Å². The van der Waals surface area contributed by atoms with Crippen LogP contribution >= 0.6 is 0 Å². The maximum atomic E-state index is 8.85. The first-order valence-corrected chi connectivity index (χ1v) is 5.30. The fraction of sp³-hybridized carbons (Fsp3) is 0.909. The lowest BCUT2D eigenvalue weighted by molar-refractivity contribution is 0.183. The van der Waals surface area contributed by atoms with E-state index >= 15 is 0 Å². The monoisotopic (exact) mass is 198 g/mol. The molecular weight excluding hydrogens is 176 g/mol. The van der Waals surface area contributed by atoms with Crippen molar-refractivity contribution in [1.29, 1.82) is 5.26 Å². The summed E-state index contributed by atoms with van der Waals surface area (Å²) < 4.78 is 0. The van der Waals surface area contributed by atoms with Crippen molar-refractivity contribution in [2.24, 2.45) is 5.41 Å². The molecule has 0 aliphatic rings. The summed E-state index contributed by atoms with van der Waals surface area (Å²) in [6, 6.07) is 2.29. The minimum Gasteiger partial charge on any atom is -0.395 e. The van der Waals surface area contributed by atoms with E-state index in [9.17, 15) is 0 Å². The van der Waals surface area contributed by atoms with Gasteiger partial charge in [-0.05, 0) is 39.8 Å². The lowest BCUT2D eigenvalue weighted by Crippen LogP contribution is -2.31. The molecule has 0 aliphatic heterocycles. The molecule has 0 bridgehead atoms. The summed E-state index contributed by atoms with van der Waals surface area (Å²) in [4.78, 5) is 2.21. The Balaban J connectivity index is 3.87. The van der Waals surface area contributed by atoms with Crippen molar-refractivity contribution in [3.63, 3.8) is 0 Å². The van der Waals surface area contributed by atoms with Crippen LogP contribution in [0, 0.1) is 16.7 Å². The molecule has 0 amide bonds. The highest BCUT2D eigenvalue weighted by Crippen LogP contribution is 2.18.